The first-order valence-corrected chi connectivity index (χ1v) is 11.5. The van der Waals surface area contributed by atoms with Crippen LogP contribution >= 0.6 is 12.2 Å². The molecule has 0 unspecified atom stereocenters. The SMILES string of the molecule is CN(c1cccc(NC(=S)NCc2cccc(N3CCCC3=O)c2)c1)S(C)(=O)=O. The van der Waals surface area contributed by atoms with Gasteiger partial charge in [0.05, 0.1) is 11.9 Å². The minimum atomic E-state index is -3.33. The molecule has 1 saturated heterocycles. The second-order valence-corrected chi connectivity index (χ2v) is 9.33. The third kappa shape index (κ3) is 5.45. The third-order valence-corrected chi connectivity index (χ3v) is 6.17. The van der Waals surface area contributed by atoms with E-state index in [-0.39, 0.29) is 5.91 Å². The number of anilines is 3. The Morgan fingerprint density at radius 2 is 1.97 bits per heavy atom. The predicted octanol–water partition coefficient (Wildman–Crippen LogP) is 2.70. The van der Waals surface area contributed by atoms with Crippen LogP contribution in [0.2, 0.25) is 0 Å². The summed E-state index contributed by atoms with van der Waals surface area (Å²) in [4.78, 5) is 13.7. The number of nitrogens with zero attached hydrogens (tertiary/aromatic N) is 2. The van der Waals surface area contributed by atoms with Crippen LogP contribution in [-0.2, 0) is 21.4 Å². The van der Waals surface area contributed by atoms with Gasteiger partial charge in [0.25, 0.3) is 0 Å². The standard InChI is InChI=1S/C20H24N4O3S2/c1-23(29(2,26)27)17-8-4-7-16(13-17)22-20(28)21-14-15-6-3-9-18(12-15)24-11-5-10-19(24)25/h3-4,6-9,12-13H,5,10-11,14H2,1-2H3,(H2,21,22,28). The van der Waals surface area contributed by atoms with E-state index in [0.29, 0.717) is 29.5 Å². The summed E-state index contributed by atoms with van der Waals surface area (Å²) in [6, 6.07) is 14.8. The van der Waals surface area contributed by atoms with Crippen LogP contribution in [0.5, 0.6) is 0 Å². The minimum absolute atomic E-state index is 0.159. The average Bonchev–Trinajstić information content (AvgIpc) is 3.11. The lowest BCUT2D eigenvalue weighted by Gasteiger charge is -2.18. The molecule has 0 radical (unpaired) electrons. The van der Waals surface area contributed by atoms with Crippen LogP contribution in [0.3, 0.4) is 0 Å². The number of hydrogen-bond donors (Lipinski definition) is 2. The van der Waals surface area contributed by atoms with Crippen molar-refractivity contribution >= 4 is 50.3 Å². The van der Waals surface area contributed by atoms with Gasteiger partial charge in [0.15, 0.2) is 5.11 Å². The monoisotopic (exact) mass is 432 g/mol. The van der Waals surface area contributed by atoms with Gasteiger partial charge in [-0.05, 0) is 54.5 Å². The van der Waals surface area contributed by atoms with Crippen molar-refractivity contribution in [3.05, 3.63) is 54.1 Å². The zero-order chi connectivity index (χ0) is 21.0. The van der Waals surface area contributed by atoms with Crippen molar-refractivity contribution in [2.75, 3.05) is 34.4 Å². The molecule has 1 amide bonds. The number of nitrogens with one attached hydrogen (secondary N) is 2. The van der Waals surface area contributed by atoms with E-state index in [4.69, 9.17) is 12.2 Å². The summed E-state index contributed by atoms with van der Waals surface area (Å²) in [5.74, 6) is 0.159. The highest BCUT2D eigenvalue weighted by Crippen LogP contribution is 2.22. The number of sulfonamides is 1. The maximum absolute atomic E-state index is 11.9. The molecule has 29 heavy (non-hydrogen) atoms. The molecule has 1 aliphatic heterocycles. The first-order valence-electron chi connectivity index (χ1n) is 9.22. The average molecular weight is 433 g/mol. The van der Waals surface area contributed by atoms with Crippen LogP contribution in [0, 0.1) is 0 Å². The normalized spacial score (nSPS) is 14.0. The molecule has 2 N–H and O–H groups in total. The summed E-state index contributed by atoms with van der Waals surface area (Å²) in [6.45, 7) is 1.26. The molecule has 2 aromatic rings. The van der Waals surface area contributed by atoms with Gasteiger partial charge in [-0.3, -0.25) is 9.10 Å². The molecule has 9 heteroatoms. The Morgan fingerprint density at radius 1 is 1.21 bits per heavy atom. The number of amides is 1. The van der Waals surface area contributed by atoms with E-state index in [9.17, 15) is 13.2 Å². The highest BCUT2D eigenvalue weighted by molar-refractivity contribution is 7.92. The van der Waals surface area contributed by atoms with E-state index < -0.39 is 10.0 Å². The summed E-state index contributed by atoms with van der Waals surface area (Å²) in [5, 5.41) is 6.63. The predicted molar refractivity (Wildman–Crippen MR) is 121 cm³/mol. The summed E-state index contributed by atoms with van der Waals surface area (Å²) < 4.78 is 24.6. The Morgan fingerprint density at radius 3 is 2.66 bits per heavy atom. The van der Waals surface area contributed by atoms with Gasteiger partial charge >= 0.3 is 0 Å². The molecular formula is C20H24N4O3S2. The van der Waals surface area contributed by atoms with Crippen molar-refractivity contribution in [2.45, 2.75) is 19.4 Å². The molecule has 0 atom stereocenters. The second-order valence-electron chi connectivity index (χ2n) is 6.91. The lowest BCUT2D eigenvalue weighted by Crippen LogP contribution is -2.28. The Bertz CT molecular complexity index is 1020. The zero-order valence-corrected chi connectivity index (χ0v) is 18.0. The maximum atomic E-state index is 11.9. The topological polar surface area (TPSA) is 81.8 Å². The lowest BCUT2D eigenvalue weighted by atomic mass is 10.2. The van der Waals surface area contributed by atoms with Crippen molar-refractivity contribution in [1.29, 1.82) is 0 Å². The van der Waals surface area contributed by atoms with Crippen LogP contribution < -0.4 is 19.8 Å². The van der Waals surface area contributed by atoms with Crippen molar-refractivity contribution in [3.63, 3.8) is 0 Å². The summed E-state index contributed by atoms with van der Waals surface area (Å²) >= 11 is 5.36. The molecule has 0 saturated carbocycles. The van der Waals surface area contributed by atoms with E-state index in [0.717, 1.165) is 30.5 Å². The molecule has 2 aromatic carbocycles. The molecular weight excluding hydrogens is 408 g/mol. The van der Waals surface area contributed by atoms with Crippen molar-refractivity contribution < 1.29 is 13.2 Å². The van der Waals surface area contributed by atoms with E-state index in [1.54, 1.807) is 18.2 Å². The fourth-order valence-electron chi connectivity index (χ4n) is 3.08. The summed E-state index contributed by atoms with van der Waals surface area (Å²) in [7, 11) is -1.83. The molecule has 0 bridgehead atoms. The zero-order valence-electron chi connectivity index (χ0n) is 16.4. The molecule has 1 fully saturated rings. The van der Waals surface area contributed by atoms with Gasteiger partial charge in [0, 0.05) is 37.9 Å². The molecule has 3 rings (SSSR count). The second kappa shape index (κ2) is 8.79. The smallest absolute Gasteiger partial charge is 0.231 e. The molecule has 1 heterocycles. The molecule has 0 aromatic heterocycles. The Hall–Kier alpha value is -2.65. The number of thiocarbonyl (C=S) groups is 1. The van der Waals surface area contributed by atoms with Gasteiger partial charge in [0.1, 0.15) is 0 Å². The van der Waals surface area contributed by atoms with E-state index in [1.165, 1.54) is 11.4 Å². The number of carbonyl (C=O) groups excluding carboxylic acids is 1. The number of hydrogen-bond acceptors (Lipinski definition) is 4. The van der Waals surface area contributed by atoms with Crippen molar-refractivity contribution in [2.24, 2.45) is 0 Å². The number of benzene rings is 2. The Kier molecular flexibility index (Phi) is 6.39. The van der Waals surface area contributed by atoms with Crippen LogP contribution in [0.4, 0.5) is 17.1 Å². The van der Waals surface area contributed by atoms with E-state index in [1.807, 2.05) is 35.2 Å². The molecule has 0 spiro atoms. The van der Waals surface area contributed by atoms with Crippen LogP contribution in [0.15, 0.2) is 48.5 Å². The van der Waals surface area contributed by atoms with Crippen molar-refractivity contribution in [1.82, 2.24) is 5.32 Å². The summed E-state index contributed by atoms with van der Waals surface area (Å²) in [6.07, 6.45) is 2.65. The minimum Gasteiger partial charge on any atom is -0.358 e. The number of rotatable bonds is 6. The molecule has 1 aliphatic rings. The fourth-order valence-corrected chi connectivity index (χ4v) is 3.77. The van der Waals surface area contributed by atoms with Crippen LogP contribution in [-0.4, -0.2) is 39.3 Å². The van der Waals surface area contributed by atoms with Gasteiger partial charge in [-0.25, -0.2) is 8.42 Å². The Balaban J connectivity index is 1.60. The third-order valence-electron chi connectivity index (χ3n) is 4.71. The maximum Gasteiger partial charge on any atom is 0.231 e. The Labute approximate surface area is 176 Å². The number of carbonyl (C=O) groups is 1. The van der Waals surface area contributed by atoms with Crippen LogP contribution in [0.1, 0.15) is 18.4 Å². The van der Waals surface area contributed by atoms with Gasteiger partial charge < -0.3 is 15.5 Å². The lowest BCUT2D eigenvalue weighted by molar-refractivity contribution is -0.117. The fraction of sp³-hybridized carbons (Fsp3) is 0.300. The van der Waals surface area contributed by atoms with Gasteiger partial charge in [-0.2, -0.15) is 0 Å². The molecule has 7 nitrogen and oxygen atoms in total. The molecule has 0 aliphatic carbocycles. The van der Waals surface area contributed by atoms with Crippen LogP contribution in [0.25, 0.3) is 0 Å². The summed E-state index contributed by atoms with van der Waals surface area (Å²) in [5.41, 5.74) is 3.15. The van der Waals surface area contributed by atoms with Gasteiger partial charge in [0.2, 0.25) is 15.9 Å². The van der Waals surface area contributed by atoms with E-state index in [2.05, 4.69) is 10.6 Å². The van der Waals surface area contributed by atoms with Gasteiger partial charge in [-0.1, -0.05) is 18.2 Å². The highest BCUT2D eigenvalue weighted by atomic mass is 32.2. The quantitative estimate of drug-likeness (QED) is 0.683. The van der Waals surface area contributed by atoms with Gasteiger partial charge in [-0.15, -0.1) is 0 Å². The largest absolute Gasteiger partial charge is 0.358 e. The first kappa shape index (κ1) is 21.1. The first-order chi connectivity index (χ1) is 13.7. The van der Waals surface area contributed by atoms with Crippen molar-refractivity contribution in [3.8, 4) is 0 Å². The van der Waals surface area contributed by atoms with E-state index >= 15 is 0 Å². The molecule has 154 valence electrons. The highest BCUT2D eigenvalue weighted by Gasteiger charge is 2.21.